The van der Waals surface area contributed by atoms with Gasteiger partial charge in [0.05, 0.1) is 21.2 Å². The van der Waals surface area contributed by atoms with Gasteiger partial charge < -0.3 is 10.6 Å². The van der Waals surface area contributed by atoms with Crippen molar-refractivity contribution in [2.24, 2.45) is 0 Å². The van der Waals surface area contributed by atoms with Crippen LogP contribution in [0.2, 0.25) is 5.02 Å². The molecular formula is C20H20ClN3O3S2. The number of carbonyl (C=O) groups is 1. The molecule has 1 amide bonds. The van der Waals surface area contributed by atoms with E-state index in [-0.39, 0.29) is 15.5 Å². The standard InChI is InChI=1S/C20H20ClN3O3S2/c1-12(2)22-20-24-18(11-28-20)13-5-4-6-14(9-13)23-19(25)16-8-7-15(10-17(16)21)29(3,26)27/h4-12H,1-3H3,(H,22,24)(H,23,25). The Morgan fingerprint density at radius 2 is 1.93 bits per heavy atom. The number of hydrogen-bond donors (Lipinski definition) is 2. The number of carbonyl (C=O) groups excluding carboxylic acids is 1. The zero-order valence-corrected chi connectivity index (χ0v) is 18.5. The third-order valence-electron chi connectivity index (χ3n) is 3.95. The molecule has 29 heavy (non-hydrogen) atoms. The van der Waals surface area contributed by atoms with Crippen LogP contribution < -0.4 is 10.6 Å². The largest absolute Gasteiger partial charge is 0.359 e. The quantitative estimate of drug-likeness (QED) is 0.556. The first-order valence-electron chi connectivity index (χ1n) is 8.77. The van der Waals surface area contributed by atoms with Gasteiger partial charge in [0.15, 0.2) is 15.0 Å². The number of amides is 1. The second-order valence-corrected chi connectivity index (χ2v) is 10.1. The zero-order chi connectivity index (χ0) is 21.2. The molecule has 2 aromatic carbocycles. The fraction of sp³-hybridized carbons (Fsp3) is 0.200. The van der Waals surface area contributed by atoms with Gasteiger partial charge in [-0.15, -0.1) is 11.3 Å². The van der Waals surface area contributed by atoms with Gasteiger partial charge in [0.25, 0.3) is 5.91 Å². The van der Waals surface area contributed by atoms with Crippen molar-refractivity contribution < 1.29 is 13.2 Å². The molecule has 0 saturated heterocycles. The number of sulfone groups is 1. The molecule has 0 bridgehead atoms. The minimum absolute atomic E-state index is 0.0652. The lowest BCUT2D eigenvalue weighted by molar-refractivity contribution is 0.102. The number of anilines is 2. The first kappa shape index (κ1) is 21.3. The molecule has 9 heteroatoms. The van der Waals surface area contributed by atoms with Crippen molar-refractivity contribution in [3.63, 3.8) is 0 Å². The Morgan fingerprint density at radius 3 is 2.59 bits per heavy atom. The Balaban J connectivity index is 1.80. The molecule has 3 aromatic rings. The van der Waals surface area contributed by atoms with E-state index in [1.807, 2.05) is 37.4 Å². The van der Waals surface area contributed by atoms with Crippen LogP contribution in [0.3, 0.4) is 0 Å². The summed E-state index contributed by atoms with van der Waals surface area (Å²) in [5.74, 6) is -0.423. The molecule has 0 radical (unpaired) electrons. The Kier molecular flexibility index (Phi) is 6.26. The number of nitrogens with one attached hydrogen (secondary N) is 2. The lowest BCUT2D eigenvalue weighted by atomic mass is 10.1. The molecule has 0 saturated carbocycles. The molecule has 0 aliphatic heterocycles. The third-order valence-corrected chi connectivity index (χ3v) is 6.14. The minimum atomic E-state index is -3.40. The Hall–Kier alpha value is -2.42. The molecule has 1 aromatic heterocycles. The molecule has 152 valence electrons. The topological polar surface area (TPSA) is 88.2 Å². The number of halogens is 1. The minimum Gasteiger partial charge on any atom is -0.359 e. The van der Waals surface area contributed by atoms with Gasteiger partial charge in [-0.1, -0.05) is 23.7 Å². The molecule has 0 fully saturated rings. The van der Waals surface area contributed by atoms with Crippen molar-refractivity contribution in [2.45, 2.75) is 24.8 Å². The number of benzene rings is 2. The van der Waals surface area contributed by atoms with Gasteiger partial charge in [0.2, 0.25) is 0 Å². The molecule has 0 aliphatic carbocycles. The number of aromatic nitrogens is 1. The summed E-state index contributed by atoms with van der Waals surface area (Å²) in [7, 11) is -3.40. The van der Waals surface area contributed by atoms with Crippen molar-refractivity contribution in [3.8, 4) is 11.3 Å². The van der Waals surface area contributed by atoms with Crippen LogP contribution in [0.15, 0.2) is 52.7 Å². The smallest absolute Gasteiger partial charge is 0.257 e. The van der Waals surface area contributed by atoms with E-state index in [1.54, 1.807) is 6.07 Å². The summed E-state index contributed by atoms with van der Waals surface area (Å²) in [6, 6.07) is 11.7. The van der Waals surface area contributed by atoms with Crippen LogP contribution in [0, 0.1) is 0 Å². The van der Waals surface area contributed by atoms with E-state index in [2.05, 4.69) is 15.6 Å². The number of thiazole rings is 1. The van der Waals surface area contributed by atoms with Crippen LogP contribution >= 0.6 is 22.9 Å². The summed E-state index contributed by atoms with van der Waals surface area (Å²) in [5.41, 5.74) is 2.46. The van der Waals surface area contributed by atoms with Crippen molar-refractivity contribution in [1.82, 2.24) is 4.98 Å². The maximum absolute atomic E-state index is 12.6. The van der Waals surface area contributed by atoms with E-state index >= 15 is 0 Å². The zero-order valence-electron chi connectivity index (χ0n) is 16.1. The van der Waals surface area contributed by atoms with E-state index in [1.165, 1.54) is 29.5 Å². The first-order valence-corrected chi connectivity index (χ1v) is 11.9. The molecular weight excluding hydrogens is 430 g/mol. The Bertz CT molecular complexity index is 1160. The predicted octanol–water partition coefficient (Wildman–Crippen LogP) is 4.94. The third kappa shape index (κ3) is 5.35. The van der Waals surface area contributed by atoms with Crippen LogP contribution in [0.5, 0.6) is 0 Å². The summed E-state index contributed by atoms with van der Waals surface area (Å²) in [6.45, 7) is 4.09. The molecule has 6 nitrogen and oxygen atoms in total. The summed E-state index contributed by atoms with van der Waals surface area (Å²) in [6.07, 6.45) is 1.09. The number of rotatable bonds is 6. The molecule has 3 rings (SSSR count). The average Bonchev–Trinajstić information content (AvgIpc) is 3.08. The maximum atomic E-state index is 12.6. The Labute approximate surface area is 178 Å². The summed E-state index contributed by atoms with van der Waals surface area (Å²) in [4.78, 5) is 17.2. The van der Waals surface area contributed by atoms with Crippen LogP contribution in [-0.4, -0.2) is 31.6 Å². The Morgan fingerprint density at radius 1 is 1.17 bits per heavy atom. The second kappa shape index (κ2) is 8.52. The van der Waals surface area contributed by atoms with E-state index < -0.39 is 15.7 Å². The molecule has 0 atom stereocenters. The van der Waals surface area contributed by atoms with E-state index in [9.17, 15) is 13.2 Å². The molecule has 0 spiro atoms. The van der Waals surface area contributed by atoms with E-state index in [4.69, 9.17) is 11.6 Å². The SMILES string of the molecule is CC(C)Nc1nc(-c2cccc(NC(=O)c3ccc(S(C)(=O)=O)cc3Cl)c2)cs1. The highest BCUT2D eigenvalue weighted by atomic mass is 35.5. The maximum Gasteiger partial charge on any atom is 0.257 e. The highest BCUT2D eigenvalue weighted by molar-refractivity contribution is 7.90. The van der Waals surface area contributed by atoms with Crippen molar-refractivity contribution >= 4 is 49.5 Å². The van der Waals surface area contributed by atoms with Crippen molar-refractivity contribution in [1.29, 1.82) is 0 Å². The van der Waals surface area contributed by atoms with Gasteiger partial charge >= 0.3 is 0 Å². The first-order chi connectivity index (χ1) is 13.6. The predicted molar refractivity (Wildman–Crippen MR) is 119 cm³/mol. The van der Waals surface area contributed by atoms with Gasteiger partial charge in [-0.3, -0.25) is 4.79 Å². The summed E-state index contributed by atoms with van der Waals surface area (Å²) >= 11 is 7.65. The van der Waals surface area contributed by atoms with Gasteiger partial charge in [-0.05, 0) is 44.2 Å². The van der Waals surface area contributed by atoms with Gasteiger partial charge in [0.1, 0.15) is 0 Å². The van der Waals surface area contributed by atoms with Crippen LogP contribution in [0.1, 0.15) is 24.2 Å². The molecule has 0 unspecified atom stereocenters. The van der Waals surface area contributed by atoms with Crippen LogP contribution in [0.25, 0.3) is 11.3 Å². The molecule has 2 N–H and O–H groups in total. The number of hydrogen-bond acceptors (Lipinski definition) is 6. The molecule has 1 heterocycles. The second-order valence-electron chi connectivity index (χ2n) is 6.79. The lowest BCUT2D eigenvalue weighted by Gasteiger charge is -2.09. The summed E-state index contributed by atoms with van der Waals surface area (Å²) in [5, 5.41) is 8.92. The van der Waals surface area contributed by atoms with Gasteiger partial charge in [-0.25, -0.2) is 13.4 Å². The van der Waals surface area contributed by atoms with Crippen molar-refractivity contribution in [2.75, 3.05) is 16.9 Å². The van der Waals surface area contributed by atoms with Gasteiger partial charge in [-0.2, -0.15) is 0 Å². The number of nitrogens with zero attached hydrogens (tertiary/aromatic N) is 1. The van der Waals surface area contributed by atoms with E-state index in [0.29, 0.717) is 11.7 Å². The monoisotopic (exact) mass is 449 g/mol. The van der Waals surface area contributed by atoms with Crippen LogP contribution in [0.4, 0.5) is 10.8 Å². The fourth-order valence-electron chi connectivity index (χ4n) is 2.58. The fourth-order valence-corrected chi connectivity index (χ4v) is 4.43. The summed E-state index contributed by atoms with van der Waals surface area (Å²) < 4.78 is 23.2. The normalized spacial score (nSPS) is 11.5. The molecule has 0 aliphatic rings. The van der Waals surface area contributed by atoms with Crippen molar-refractivity contribution in [3.05, 3.63) is 58.4 Å². The highest BCUT2D eigenvalue weighted by Gasteiger charge is 2.15. The van der Waals surface area contributed by atoms with Crippen LogP contribution in [-0.2, 0) is 9.84 Å². The van der Waals surface area contributed by atoms with E-state index in [0.717, 1.165) is 22.6 Å². The lowest BCUT2D eigenvalue weighted by Crippen LogP contribution is -2.13. The highest BCUT2D eigenvalue weighted by Crippen LogP contribution is 2.28. The van der Waals surface area contributed by atoms with Gasteiger partial charge in [0, 0.05) is 28.9 Å². The average molecular weight is 450 g/mol.